The molecule has 19 heavy (non-hydrogen) atoms. The topological polar surface area (TPSA) is 25.2 Å². The molecule has 0 radical (unpaired) electrons. The minimum Gasteiger partial charge on any atom is -0.469 e. The lowest BCUT2D eigenvalue weighted by atomic mass is 9.99. The molecule has 0 aliphatic rings. The maximum atomic E-state index is 6.26. The summed E-state index contributed by atoms with van der Waals surface area (Å²) in [5.41, 5.74) is 2.21. The average Bonchev–Trinajstić information content (AvgIpc) is 2.80. The van der Waals surface area contributed by atoms with Crippen molar-refractivity contribution in [1.29, 1.82) is 0 Å². The van der Waals surface area contributed by atoms with Gasteiger partial charge in [-0.25, -0.2) is 0 Å². The summed E-state index contributed by atoms with van der Waals surface area (Å²) in [4.78, 5) is 0. The summed E-state index contributed by atoms with van der Waals surface area (Å²) in [6.07, 6.45) is 2.50. The summed E-state index contributed by atoms with van der Waals surface area (Å²) in [5, 5.41) is 4.69. The molecule has 1 heterocycles. The van der Waals surface area contributed by atoms with Gasteiger partial charge < -0.3 is 9.73 Å². The monoisotopic (exact) mass is 297 g/mol. The van der Waals surface area contributed by atoms with Crippen molar-refractivity contribution in [2.75, 3.05) is 6.54 Å². The van der Waals surface area contributed by atoms with E-state index in [-0.39, 0.29) is 6.04 Å². The van der Waals surface area contributed by atoms with Gasteiger partial charge in [0.05, 0.1) is 16.3 Å². The van der Waals surface area contributed by atoms with Crippen molar-refractivity contribution in [3.05, 3.63) is 57.5 Å². The van der Waals surface area contributed by atoms with Crippen LogP contribution in [-0.2, 0) is 6.42 Å². The highest BCUT2D eigenvalue weighted by Gasteiger charge is 2.17. The zero-order valence-corrected chi connectivity index (χ0v) is 12.6. The maximum absolute atomic E-state index is 6.26. The Hall–Kier alpha value is -0.960. The third-order valence-corrected chi connectivity index (χ3v) is 4.04. The maximum Gasteiger partial charge on any atom is 0.105 e. The number of furan rings is 1. The Morgan fingerprint density at radius 2 is 2.05 bits per heavy atom. The highest BCUT2D eigenvalue weighted by Crippen LogP contribution is 2.30. The normalized spacial score (nSPS) is 12.6. The van der Waals surface area contributed by atoms with Gasteiger partial charge in [-0.05, 0) is 37.6 Å². The Morgan fingerprint density at radius 1 is 1.26 bits per heavy atom. The van der Waals surface area contributed by atoms with Crippen LogP contribution in [0, 0.1) is 6.92 Å². The summed E-state index contributed by atoms with van der Waals surface area (Å²) in [7, 11) is 0. The largest absolute Gasteiger partial charge is 0.469 e. The summed E-state index contributed by atoms with van der Waals surface area (Å²) < 4.78 is 5.38. The fraction of sp³-hybridized carbons (Fsp3) is 0.333. The molecule has 0 spiro atoms. The van der Waals surface area contributed by atoms with Crippen molar-refractivity contribution < 1.29 is 4.42 Å². The van der Waals surface area contributed by atoms with Gasteiger partial charge in [-0.1, -0.05) is 42.3 Å². The number of benzene rings is 1. The van der Waals surface area contributed by atoms with E-state index in [1.54, 1.807) is 12.3 Å². The number of hydrogen-bond donors (Lipinski definition) is 1. The van der Waals surface area contributed by atoms with Crippen LogP contribution in [0.1, 0.15) is 29.9 Å². The van der Waals surface area contributed by atoms with E-state index in [1.807, 2.05) is 25.1 Å². The third kappa shape index (κ3) is 3.33. The number of nitrogens with one attached hydrogen (secondary N) is 1. The molecule has 0 fully saturated rings. The van der Waals surface area contributed by atoms with E-state index < -0.39 is 0 Å². The lowest BCUT2D eigenvalue weighted by Gasteiger charge is -2.18. The highest BCUT2D eigenvalue weighted by molar-refractivity contribution is 6.42. The predicted molar refractivity (Wildman–Crippen MR) is 80.0 cm³/mol. The molecule has 2 nitrogen and oxygen atoms in total. The lowest BCUT2D eigenvalue weighted by molar-refractivity contribution is 0.501. The molecule has 1 unspecified atom stereocenters. The van der Waals surface area contributed by atoms with Crippen molar-refractivity contribution in [3.8, 4) is 0 Å². The number of aryl methyl sites for hydroxylation is 1. The second-order valence-corrected chi connectivity index (χ2v) is 5.24. The molecule has 0 saturated heterocycles. The number of hydrogen-bond acceptors (Lipinski definition) is 2. The van der Waals surface area contributed by atoms with Gasteiger partial charge in [0.1, 0.15) is 5.76 Å². The van der Waals surface area contributed by atoms with E-state index in [4.69, 9.17) is 27.6 Å². The Bertz CT molecular complexity index is 551. The zero-order chi connectivity index (χ0) is 13.8. The molecule has 4 heteroatoms. The van der Waals surface area contributed by atoms with Crippen LogP contribution in [0.2, 0.25) is 10.0 Å². The fourth-order valence-corrected chi connectivity index (χ4v) is 2.62. The molecule has 0 bridgehead atoms. The first-order valence-electron chi connectivity index (χ1n) is 6.33. The second-order valence-electron chi connectivity index (χ2n) is 4.46. The van der Waals surface area contributed by atoms with Crippen molar-refractivity contribution in [2.45, 2.75) is 26.3 Å². The summed E-state index contributed by atoms with van der Waals surface area (Å²) in [6, 6.07) is 7.92. The van der Waals surface area contributed by atoms with Gasteiger partial charge in [0.2, 0.25) is 0 Å². The van der Waals surface area contributed by atoms with Crippen LogP contribution in [0.5, 0.6) is 0 Å². The molecule has 1 atom stereocenters. The van der Waals surface area contributed by atoms with E-state index in [1.165, 1.54) is 0 Å². The zero-order valence-electron chi connectivity index (χ0n) is 11.0. The van der Waals surface area contributed by atoms with Crippen LogP contribution >= 0.6 is 23.2 Å². The van der Waals surface area contributed by atoms with Crippen LogP contribution in [-0.4, -0.2) is 6.54 Å². The average molecular weight is 298 g/mol. The molecule has 0 saturated carbocycles. The highest BCUT2D eigenvalue weighted by atomic mass is 35.5. The molecular weight excluding hydrogens is 281 g/mol. The first-order valence-corrected chi connectivity index (χ1v) is 7.09. The Balaban J connectivity index is 2.27. The Morgan fingerprint density at radius 3 is 2.68 bits per heavy atom. The van der Waals surface area contributed by atoms with Crippen molar-refractivity contribution >= 4 is 23.2 Å². The molecule has 0 amide bonds. The van der Waals surface area contributed by atoms with Crippen LogP contribution in [0.25, 0.3) is 0 Å². The number of likely N-dealkylation sites (N-methyl/N-ethyl adjacent to an activating group) is 1. The van der Waals surface area contributed by atoms with Gasteiger partial charge in [-0.15, -0.1) is 0 Å². The van der Waals surface area contributed by atoms with Crippen molar-refractivity contribution in [3.63, 3.8) is 0 Å². The Kier molecular flexibility index (Phi) is 4.92. The molecule has 0 aliphatic heterocycles. The molecule has 2 aromatic rings. The molecule has 0 aliphatic carbocycles. The first-order chi connectivity index (χ1) is 9.13. The predicted octanol–water partition coefficient (Wildman–Crippen LogP) is 4.79. The first kappa shape index (κ1) is 14.4. The minimum atomic E-state index is 0.180. The number of halogens is 2. The van der Waals surface area contributed by atoms with Crippen molar-refractivity contribution in [2.24, 2.45) is 0 Å². The standard InChI is InChI=1S/C15H17Cl2NO/c1-3-18-14(12-7-8-19-10(12)2)9-11-5-4-6-13(16)15(11)17/h4-8,14,18H,3,9H2,1-2H3. The fourth-order valence-electron chi connectivity index (χ4n) is 2.22. The quantitative estimate of drug-likeness (QED) is 0.858. The SMILES string of the molecule is CCNC(Cc1cccc(Cl)c1Cl)c1ccoc1C. The Labute approximate surface area is 123 Å². The van der Waals surface area contributed by atoms with Crippen LogP contribution in [0.15, 0.2) is 34.9 Å². The summed E-state index contributed by atoms with van der Waals surface area (Å²) in [6.45, 7) is 4.94. The minimum absolute atomic E-state index is 0.180. The number of rotatable bonds is 5. The molecule has 1 aromatic carbocycles. The molecule has 102 valence electrons. The lowest BCUT2D eigenvalue weighted by Crippen LogP contribution is -2.23. The van der Waals surface area contributed by atoms with Gasteiger partial charge >= 0.3 is 0 Å². The molecular formula is C15H17Cl2NO. The molecule has 2 rings (SSSR count). The third-order valence-electron chi connectivity index (χ3n) is 3.18. The van der Waals surface area contributed by atoms with Crippen LogP contribution in [0.3, 0.4) is 0 Å². The van der Waals surface area contributed by atoms with E-state index in [2.05, 4.69) is 12.2 Å². The van der Waals surface area contributed by atoms with E-state index in [0.717, 1.165) is 29.9 Å². The van der Waals surface area contributed by atoms with Gasteiger partial charge in [0.15, 0.2) is 0 Å². The summed E-state index contributed by atoms with van der Waals surface area (Å²) in [5.74, 6) is 0.934. The van der Waals surface area contributed by atoms with Gasteiger partial charge in [-0.2, -0.15) is 0 Å². The second kappa shape index (κ2) is 6.47. The van der Waals surface area contributed by atoms with Gasteiger partial charge in [-0.3, -0.25) is 0 Å². The van der Waals surface area contributed by atoms with E-state index in [9.17, 15) is 0 Å². The van der Waals surface area contributed by atoms with Gasteiger partial charge in [0, 0.05) is 11.6 Å². The molecule has 1 N–H and O–H groups in total. The van der Waals surface area contributed by atoms with E-state index in [0.29, 0.717) is 10.0 Å². The van der Waals surface area contributed by atoms with Crippen LogP contribution in [0.4, 0.5) is 0 Å². The van der Waals surface area contributed by atoms with Gasteiger partial charge in [0.25, 0.3) is 0 Å². The smallest absolute Gasteiger partial charge is 0.105 e. The van der Waals surface area contributed by atoms with Crippen molar-refractivity contribution in [1.82, 2.24) is 5.32 Å². The van der Waals surface area contributed by atoms with Crippen LogP contribution < -0.4 is 5.32 Å². The summed E-state index contributed by atoms with van der Waals surface area (Å²) >= 11 is 12.3. The molecule has 1 aromatic heterocycles. The van der Waals surface area contributed by atoms with E-state index >= 15 is 0 Å².